The topological polar surface area (TPSA) is 54.0 Å². The number of para-hydroxylation sites is 1. The first-order valence-electron chi connectivity index (χ1n) is 10.9. The van der Waals surface area contributed by atoms with E-state index in [1.807, 2.05) is 14.1 Å². The summed E-state index contributed by atoms with van der Waals surface area (Å²) in [6.07, 6.45) is 1.01. The maximum absolute atomic E-state index is 13.0. The van der Waals surface area contributed by atoms with E-state index in [9.17, 15) is 4.79 Å². The maximum Gasteiger partial charge on any atom is 0.251 e. The standard InChI is InChI=1S/C26H27N3O3/c1-28(2)21-10-7-19(8-11-21)23(29-14-13-18-5-3-4-6-22(18)29)16-27-26(30)20-9-12-24-25(15-20)32-17-31-24/h3-12,15,23H,13-14,16-17H2,1-2H3,(H,27,30)/t23-/m0/s1. The number of anilines is 2. The predicted molar refractivity (Wildman–Crippen MR) is 126 cm³/mol. The van der Waals surface area contributed by atoms with Crippen LogP contribution in [0.25, 0.3) is 0 Å². The molecule has 6 nitrogen and oxygen atoms in total. The van der Waals surface area contributed by atoms with Crippen molar-refractivity contribution in [2.24, 2.45) is 0 Å². The summed E-state index contributed by atoms with van der Waals surface area (Å²) in [4.78, 5) is 17.4. The van der Waals surface area contributed by atoms with Gasteiger partial charge in [0.1, 0.15) is 0 Å². The quantitative estimate of drug-likeness (QED) is 0.642. The summed E-state index contributed by atoms with van der Waals surface area (Å²) in [5, 5.41) is 3.15. The largest absolute Gasteiger partial charge is 0.454 e. The summed E-state index contributed by atoms with van der Waals surface area (Å²) < 4.78 is 10.8. The third-order valence-electron chi connectivity index (χ3n) is 6.18. The van der Waals surface area contributed by atoms with Gasteiger partial charge in [-0.25, -0.2) is 0 Å². The van der Waals surface area contributed by atoms with Crippen LogP contribution in [0.1, 0.15) is 27.5 Å². The van der Waals surface area contributed by atoms with E-state index in [0.29, 0.717) is 23.6 Å². The number of carbonyl (C=O) groups is 1. The molecule has 6 heteroatoms. The minimum Gasteiger partial charge on any atom is -0.454 e. The molecule has 3 aromatic rings. The second kappa shape index (κ2) is 8.46. The molecule has 2 heterocycles. The molecule has 0 aromatic heterocycles. The Balaban J connectivity index is 1.39. The van der Waals surface area contributed by atoms with Crippen molar-refractivity contribution >= 4 is 17.3 Å². The number of amides is 1. The van der Waals surface area contributed by atoms with Crippen molar-refractivity contribution in [3.63, 3.8) is 0 Å². The Morgan fingerprint density at radius 3 is 2.62 bits per heavy atom. The summed E-state index contributed by atoms with van der Waals surface area (Å²) in [6, 6.07) is 22.4. The highest BCUT2D eigenvalue weighted by molar-refractivity contribution is 5.95. The van der Waals surface area contributed by atoms with Gasteiger partial charge in [0.15, 0.2) is 11.5 Å². The molecule has 0 aliphatic carbocycles. The SMILES string of the molecule is CN(C)c1ccc([C@H](CNC(=O)c2ccc3c(c2)OCO3)N2CCc3ccccc32)cc1. The molecule has 1 N–H and O–H groups in total. The molecule has 0 fully saturated rings. The molecule has 0 unspecified atom stereocenters. The number of ether oxygens (including phenoxy) is 2. The number of hydrogen-bond acceptors (Lipinski definition) is 5. The first-order valence-corrected chi connectivity index (χ1v) is 10.9. The Kier molecular flexibility index (Phi) is 5.35. The molecule has 164 valence electrons. The van der Waals surface area contributed by atoms with E-state index >= 15 is 0 Å². The minimum atomic E-state index is -0.120. The first kappa shape index (κ1) is 20.2. The van der Waals surface area contributed by atoms with Crippen LogP contribution >= 0.6 is 0 Å². The molecule has 2 aliphatic heterocycles. The van der Waals surface area contributed by atoms with Gasteiger partial charge in [-0.3, -0.25) is 4.79 Å². The molecular formula is C26H27N3O3. The molecule has 0 saturated carbocycles. The van der Waals surface area contributed by atoms with E-state index in [2.05, 4.69) is 63.6 Å². The van der Waals surface area contributed by atoms with Crippen molar-refractivity contribution in [2.75, 3.05) is 43.8 Å². The zero-order chi connectivity index (χ0) is 22.1. The molecule has 0 bridgehead atoms. The lowest BCUT2D eigenvalue weighted by Gasteiger charge is -2.31. The van der Waals surface area contributed by atoms with Gasteiger partial charge in [0.2, 0.25) is 6.79 Å². The summed E-state index contributed by atoms with van der Waals surface area (Å²) in [5.74, 6) is 1.17. The smallest absolute Gasteiger partial charge is 0.251 e. The Morgan fingerprint density at radius 1 is 1.03 bits per heavy atom. The molecule has 3 aromatic carbocycles. The molecule has 2 aliphatic rings. The van der Waals surface area contributed by atoms with Crippen LogP contribution in [0, 0.1) is 0 Å². The van der Waals surface area contributed by atoms with E-state index in [1.54, 1.807) is 18.2 Å². The van der Waals surface area contributed by atoms with Crippen LogP contribution < -0.4 is 24.6 Å². The average molecular weight is 430 g/mol. The number of nitrogens with zero attached hydrogens (tertiary/aromatic N) is 2. The van der Waals surface area contributed by atoms with Gasteiger partial charge >= 0.3 is 0 Å². The van der Waals surface area contributed by atoms with Crippen LogP contribution in [0.2, 0.25) is 0 Å². The van der Waals surface area contributed by atoms with Crippen LogP contribution in [-0.2, 0) is 6.42 Å². The number of fused-ring (bicyclic) bond motifs is 2. The lowest BCUT2D eigenvalue weighted by atomic mass is 10.0. The molecule has 32 heavy (non-hydrogen) atoms. The van der Waals surface area contributed by atoms with E-state index in [-0.39, 0.29) is 18.7 Å². The molecule has 1 atom stereocenters. The zero-order valence-electron chi connectivity index (χ0n) is 18.4. The van der Waals surface area contributed by atoms with E-state index in [0.717, 1.165) is 18.7 Å². The average Bonchev–Trinajstić information content (AvgIpc) is 3.46. The summed E-state index contributed by atoms with van der Waals surface area (Å²) >= 11 is 0. The molecule has 0 spiro atoms. The highest BCUT2D eigenvalue weighted by Crippen LogP contribution is 2.36. The van der Waals surface area contributed by atoms with Gasteiger partial charge in [-0.05, 0) is 53.9 Å². The van der Waals surface area contributed by atoms with Crippen LogP contribution in [0.15, 0.2) is 66.7 Å². The van der Waals surface area contributed by atoms with Gasteiger partial charge in [0.05, 0.1) is 6.04 Å². The Labute approximate surface area is 188 Å². The van der Waals surface area contributed by atoms with Crippen molar-refractivity contribution in [1.29, 1.82) is 0 Å². The molecule has 0 radical (unpaired) electrons. The van der Waals surface area contributed by atoms with Gasteiger partial charge < -0.3 is 24.6 Å². The van der Waals surface area contributed by atoms with Crippen molar-refractivity contribution in [1.82, 2.24) is 5.32 Å². The third-order valence-corrected chi connectivity index (χ3v) is 6.18. The van der Waals surface area contributed by atoms with Crippen LogP contribution in [-0.4, -0.2) is 39.9 Å². The number of rotatable bonds is 6. The van der Waals surface area contributed by atoms with E-state index in [1.165, 1.54) is 16.8 Å². The fourth-order valence-electron chi connectivity index (χ4n) is 4.42. The fraction of sp³-hybridized carbons (Fsp3) is 0.269. The summed E-state index contributed by atoms with van der Waals surface area (Å²) in [7, 11) is 4.07. The van der Waals surface area contributed by atoms with Gasteiger partial charge in [-0.2, -0.15) is 0 Å². The van der Waals surface area contributed by atoms with Crippen LogP contribution in [0.3, 0.4) is 0 Å². The van der Waals surface area contributed by atoms with Gasteiger partial charge in [-0.15, -0.1) is 0 Å². The number of carbonyl (C=O) groups excluding carboxylic acids is 1. The predicted octanol–water partition coefficient (Wildman–Crippen LogP) is 4.02. The lowest BCUT2D eigenvalue weighted by Crippen LogP contribution is -2.37. The Bertz CT molecular complexity index is 1130. The number of hydrogen-bond donors (Lipinski definition) is 1. The fourth-order valence-corrected chi connectivity index (χ4v) is 4.42. The Morgan fingerprint density at radius 2 is 1.81 bits per heavy atom. The monoisotopic (exact) mass is 429 g/mol. The normalized spacial score (nSPS) is 14.8. The van der Waals surface area contributed by atoms with E-state index < -0.39 is 0 Å². The second-order valence-electron chi connectivity index (χ2n) is 8.35. The summed E-state index contributed by atoms with van der Waals surface area (Å²) in [6.45, 7) is 1.63. The maximum atomic E-state index is 13.0. The minimum absolute atomic E-state index is 0.0350. The van der Waals surface area contributed by atoms with Gasteiger partial charge in [-0.1, -0.05) is 30.3 Å². The van der Waals surface area contributed by atoms with E-state index in [4.69, 9.17) is 9.47 Å². The molecule has 5 rings (SSSR count). The molecule has 1 amide bonds. The second-order valence-corrected chi connectivity index (χ2v) is 8.35. The van der Waals surface area contributed by atoms with Crippen molar-refractivity contribution in [2.45, 2.75) is 12.5 Å². The van der Waals surface area contributed by atoms with Gasteiger partial charge in [0, 0.05) is 44.1 Å². The van der Waals surface area contributed by atoms with Crippen molar-refractivity contribution in [3.05, 3.63) is 83.4 Å². The first-order chi connectivity index (χ1) is 15.6. The van der Waals surface area contributed by atoms with Crippen molar-refractivity contribution < 1.29 is 14.3 Å². The van der Waals surface area contributed by atoms with Gasteiger partial charge in [0.25, 0.3) is 5.91 Å². The molecular weight excluding hydrogens is 402 g/mol. The highest BCUT2D eigenvalue weighted by Gasteiger charge is 2.28. The van der Waals surface area contributed by atoms with Crippen LogP contribution in [0.4, 0.5) is 11.4 Å². The van der Waals surface area contributed by atoms with Crippen LogP contribution in [0.5, 0.6) is 11.5 Å². The Hall–Kier alpha value is -3.67. The molecule has 0 saturated heterocycles. The summed E-state index contributed by atoms with van der Waals surface area (Å²) in [5.41, 5.74) is 5.49. The zero-order valence-corrected chi connectivity index (χ0v) is 18.4. The third kappa shape index (κ3) is 3.84. The van der Waals surface area contributed by atoms with Crippen molar-refractivity contribution in [3.8, 4) is 11.5 Å². The number of benzene rings is 3. The lowest BCUT2D eigenvalue weighted by molar-refractivity contribution is 0.0950. The number of nitrogens with one attached hydrogen (secondary N) is 1. The highest BCUT2D eigenvalue weighted by atomic mass is 16.7.